The van der Waals surface area contributed by atoms with Gasteiger partial charge in [0, 0.05) is 28.9 Å². The highest BCUT2D eigenvalue weighted by Crippen LogP contribution is 2.35. The van der Waals surface area contributed by atoms with Crippen molar-refractivity contribution in [2.24, 2.45) is 0 Å². The summed E-state index contributed by atoms with van der Waals surface area (Å²) in [7, 11) is 0. The second kappa shape index (κ2) is 6.17. The minimum atomic E-state index is -0.552. The zero-order valence-corrected chi connectivity index (χ0v) is 12.0. The molecular weight excluding hydrogens is 327 g/mol. The van der Waals surface area contributed by atoms with Crippen molar-refractivity contribution in [1.29, 1.82) is 0 Å². The summed E-state index contributed by atoms with van der Waals surface area (Å²) < 4.78 is 5.53. The van der Waals surface area contributed by atoms with E-state index in [4.69, 9.17) is 39.7 Å². The van der Waals surface area contributed by atoms with Gasteiger partial charge in [-0.3, -0.25) is 15.0 Å². The van der Waals surface area contributed by atoms with E-state index in [1.807, 2.05) is 0 Å². The molecule has 8 heteroatoms. The van der Waals surface area contributed by atoms with Crippen LogP contribution < -0.4 is 9.57 Å². The first-order valence-corrected chi connectivity index (χ1v) is 6.42. The van der Waals surface area contributed by atoms with Crippen molar-refractivity contribution in [1.82, 2.24) is 0 Å². The average molecular weight is 334 g/mol. The second-order valence-electron chi connectivity index (χ2n) is 3.71. The van der Waals surface area contributed by atoms with Crippen molar-refractivity contribution in [2.45, 2.75) is 0 Å². The summed E-state index contributed by atoms with van der Waals surface area (Å²) >= 11 is 17.2. The van der Waals surface area contributed by atoms with Crippen molar-refractivity contribution in [3.63, 3.8) is 0 Å². The molecule has 2 aromatic carbocycles. The van der Waals surface area contributed by atoms with E-state index in [2.05, 4.69) is 4.84 Å². The Morgan fingerprint density at radius 2 is 1.90 bits per heavy atom. The van der Waals surface area contributed by atoms with Crippen LogP contribution in [0.2, 0.25) is 10.0 Å². The molecule has 0 amide bonds. The normalized spacial score (nSPS) is 10.2. The fourth-order valence-corrected chi connectivity index (χ4v) is 2.10. The topological polar surface area (TPSA) is 64.4 Å². The highest BCUT2D eigenvalue weighted by Gasteiger charge is 2.15. The monoisotopic (exact) mass is 332 g/mol. The van der Waals surface area contributed by atoms with Gasteiger partial charge in [-0.15, -0.1) is 0 Å². The maximum absolute atomic E-state index is 10.8. The smallest absolute Gasteiger partial charge is 0.293 e. The van der Waals surface area contributed by atoms with Gasteiger partial charge in [-0.25, -0.2) is 0 Å². The molecule has 0 aromatic heterocycles. The van der Waals surface area contributed by atoms with E-state index in [0.717, 1.165) is 0 Å². The Hall–Kier alpha value is -1.69. The Morgan fingerprint density at radius 3 is 2.50 bits per heavy atom. The van der Waals surface area contributed by atoms with E-state index < -0.39 is 4.92 Å². The quantitative estimate of drug-likeness (QED) is 0.471. The molecule has 0 radical (unpaired) electrons. The number of nitro benzene ring substituents is 1. The standard InChI is InChI=1S/C12H7Cl3N2O3/c13-7-1-4-12(9(14)5-7)20-8-2-3-11(17(18)19)10(6-8)16-15/h1-6,16H. The SMILES string of the molecule is O=[N+]([O-])c1ccc(Oc2ccc(Cl)cc2Cl)cc1NCl. The van der Waals surface area contributed by atoms with E-state index >= 15 is 0 Å². The first-order chi connectivity index (χ1) is 9.51. The van der Waals surface area contributed by atoms with Gasteiger partial charge in [0.05, 0.1) is 9.95 Å². The third kappa shape index (κ3) is 3.25. The van der Waals surface area contributed by atoms with Crippen LogP contribution in [0.3, 0.4) is 0 Å². The lowest BCUT2D eigenvalue weighted by molar-refractivity contribution is -0.383. The Balaban J connectivity index is 2.32. The molecule has 5 nitrogen and oxygen atoms in total. The summed E-state index contributed by atoms with van der Waals surface area (Å²) in [4.78, 5) is 12.4. The number of hydrogen-bond donors (Lipinski definition) is 1. The molecule has 0 fully saturated rings. The summed E-state index contributed by atoms with van der Waals surface area (Å²) in [6, 6.07) is 8.88. The van der Waals surface area contributed by atoms with Gasteiger partial charge >= 0.3 is 0 Å². The molecule has 0 aliphatic rings. The van der Waals surface area contributed by atoms with Crippen molar-refractivity contribution in [3.8, 4) is 11.5 Å². The van der Waals surface area contributed by atoms with Gasteiger partial charge in [-0.1, -0.05) is 23.2 Å². The highest BCUT2D eigenvalue weighted by atomic mass is 35.5. The van der Waals surface area contributed by atoms with Crippen LogP contribution in [-0.4, -0.2) is 4.92 Å². The van der Waals surface area contributed by atoms with E-state index in [1.165, 1.54) is 24.3 Å². The molecule has 1 N–H and O–H groups in total. The minimum absolute atomic E-state index is 0.124. The number of nitrogens with zero attached hydrogens (tertiary/aromatic N) is 1. The maximum Gasteiger partial charge on any atom is 0.293 e. The van der Waals surface area contributed by atoms with Crippen LogP contribution in [0.5, 0.6) is 11.5 Å². The summed E-state index contributed by atoms with van der Waals surface area (Å²) in [5.41, 5.74) is -0.0335. The predicted molar refractivity (Wildman–Crippen MR) is 79.1 cm³/mol. The van der Waals surface area contributed by atoms with Crippen molar-refractivity contribution in [2.75, 3.05) is 4.84 Å². The van der Waals surface area contributed by atoms with Gasteiger partial charge < -0.3 is 4.74 Å². The maximum atomic E-state index is 10.8. The molecule has 0 spiro atoms. The first-order valence-electron chi connectivity index (χ1n) is 5.29. The number of ether oxygens (including phenoxy) is 1. The number of rotatable bonds is 4. The Morgan fingerprint density at radius 1 is 1.15 bits per heavy atom. The van der Waals surface area contributed by atoms with Crippen LogP contribution in [0.4, 0.5) is 11.4 Å². The number of nitrogens with one attached hydrogen (secondary N) is 1. The molecule has 0 heterocycles. The largest absolute Gasteiger partial charge is 0.456 e. The van der Waals surface area contributed by atoms with Gasteiger partial charge in [0.15, 0.2) is 0 Å². The molecule has 0 bridgehead atoms. The Labute approximate surface area is 129 Å². The summed E-state index contributed by atoms with van der Waals surface area (Å²) in [5.74, 6) is 0.730. The lowest BCUT2D eigenvalue weighted by Gasteiger charge is -2.09. The Bertz CT molecular complexity index is 664. The van der Waals surface area contributed by atoms with E-state index in [9.17, 15) is 10.1 Å². The zero-order valence-electron chi connectivity index (χ0n) is 9.77. The molecule has 2 aromatic rings. The molecule has 0 saturated heterocycles. The van der Waals surface area contributed by atoms with Crippen molar-refractivity contribution < 1.29 is 9.66 Å². The minimum Gasteiger partial charge on any atom is -0.456 e. The second-order valence-corrected chi connectivity index (χ2v) is 4.74. The number of nitro groups is 1. The first kappa shape index (κ1) is 14.7. The summed E-state index contributed by atoms with van der Waals surface area (Å²) in [6.45, 7) is 0. The summed E-state index contributed by atoms with van der Waals surface area (Å²) in [6.07, 6.45) is 0. The predicted octanol–water partition coefficient (Wildman–Crippen LogP) is 5.26. The molecule has 2 rings (SSSR count). The van der Waals surface area contributed by atoms with Crippen LogP contribution in [0.15, 0.2) is 36.4 Å². The lowest BCUT2D eigenvalue weighted by atomic mass is 10.2. The van der Waals surface area contributed by atoms with Crippen LogP contribution >= 0.6 is 35.0 Å². The molecule has 0 atom stereocenters. The van der Waals surface area contributed by atoms with Gasteiger partial charge in [0.2, 0.25) is 0 Å². The van der Waals surface area contributed by atoms with E-state index in [-0.39, 0.29) is 11.4 Å². The molecule has 0 unspecified atom stereocenters. The van der Waals surface area contributed by atoms with E-state index in [0.29, 0.717) is 21.5 Å². The fraction of sp³-hybridized carbons (Fsp3) is 0. The zero-order chi connectivity index (χ0) is 14.7. The van der Waals surface area contributed by atoms with Crippen LogP contribution in [0, 0.1) is 10.1 Å². The van der Waals surface area contributed by atoms with Crippen LogP contribution in [0.25, 0.3) is 0 Å². The van der Waals surface area contributed by atoms with Gasteiger partial charge in [-0.05, 0) is 24.3 Å². The molecular formula is C12H7Cl3N2O3. The molecule has 0 aliphatic carbocycles. The summed E-state index contributed by atoms with van der Waals surface area (Å²) in [5, 5.41) is 11.6. The third-order valence-electron chi connectivity index (χ3n) is 2.39. The average Bonchev–Trinajstić information content (AvgIpc) is 2.41. The fourth-order valence-electron chi connectivity index (χ4n) is 1.50. The molecule has 20 heavy (non-hydrogen) atoms. The number of benzene rings is 2. The van der Waals surface area contributed by atoms with Gasteiger partial charge in [-0.2, -0.15) is 0 Å². The molecule has 0 aliphatic heterocycles. The van der Waals surface area contributed by atoms with Crippen molar-refractivity contribution in [3.05, 3.63) is 56.6 Å². The van der Waals surface area contributed by atoms with Crippen LogP contribution in [-0.2, 0) is 0 Å². The number of anilines is 1. The Kier molecular flexibility index (Phi) is 4.54. The van der Waals surface area contributed by atoms with Gasteiger partial charge in [0.1, 0.15) is 17.2 Å². The number of hydrogen-bond acceptors (Lipinski definition) is 4. The van der Waals surface area contributed by atoms with Crippen molar-refractivity contribution >= 4 is 46.4 Å². The molecule has 0 saturated carbocycles. The number of halogens is 3. The van der Waals surface area contributed by atoms with E-state index in [1.54, 1.807) is 12.1 Å². The highest BCUT2D eigenvalue weighted by molar-refractivity contribution is 6.35. The lowest BCUT2D eigenvalue weighted by Crippen LogP contribution is -1.94. The van der Waals surface area contributed by atoms with Gasteiger partial charge in [0.25, 0.3) is 5.69 Å². The third-order valence-corrected chi connectivity index (χ3v) is 3.12. The van der Waals surface area contributed by atoms with Crippen LogP contribution in [0.1, 0.15) is 0 Å². The molecule has 104 valence electrons.